The zero-order chi connectivity index (χ0) is 13.2. The quantitative estimate of drug-likeness (QED) is 0.566. The molecule has 4 heteroatoms. The molecular formula is C14H21N3O. The fourth-order valence-electron chi connectivity index (χ4n) is 1.44. The van der Waals surface area contributed by atoms with Crippen molar-refractivity contribution in [3.8, 4) is 18.2 Å². The summed E-state index contributed by atoms with van der Waals surface area (Å²) in [6.45, 7) is 5.61. The van der Waals surface area contributed by atoms with Crippen molar-refractivity contribution in [1.82, 2.24) is 9.97 Å². The summed E-state index contributed by atoms with van der Waals surface area (Å²) in [5, 5.41) is 3.25. The Balaban J connectivity index is 2.74. The molecule has 0 spiro atoms. The number of ether oxygens (including phenoxy) is 1. The van der Waals surface area contributed by atoms with E-state index in [1.807, 2.05) is 6.07 Å². The molecule has 4 nitrogen and oxygen atoms in total. The lowest BCUT2D eigenvalue weighted by Crippen LogP contribution is -2.07. The highest BCUT2D eigenvalue weighted by atomic mass is 16.5. The third-order valence-corrected chi connectivity index (χ3v) is 2.28. The summed E-state index contributed by atoms with van der Waals surface area (Å²) >= 11 is 0. The minimum atomic E-state index is 0.492. The van der Waals surface area contributed by atoms with Crippen molar-refractivity contribution in [3.63, 3.8) is 0 Å². The lowest BCUT2D eigenvalue weighted by molar-refractivity contribution is 0.313. The van der Waals surface area contributed by atoms with Crippen LogP contribution in [0.15, 0.2) is 6.07 Å². The van der Waals surface area contributed by atoms with Gasteiger partial charge in [-0.1, -0.05) is 13.8 Å². The van der Waals surface area contributed by atoms with E-state index in [9.17, 15) is 0 Å². The van der Waals surface area contributed by atoms with E-state index in [0.29, 0.717) is 18.9 Å². The SMILES string of the molecule is C#CCCOc1cc(NCCC)nc(CCC)n1. The molecule has 0 saturated heterocycles. The number of anilines is 1. The van der Waals surface area contributed by atoms with Crippen LogP contribution in [0.3, 0.4) is 0 Å². The molecule has 0 aliphatic carbocycles. The van der Waals surface area contributed by atoms with E-state index >= 15 is 0 Å². The van der Waals surface area contributed by atoms with Crippen molar-refractivity contribution >= 4 is 5.82 Å². The van der Waals surface area contributed by atoms with Gasteiger partial charge in [0.25, 0.3) is 0 Å². The van der Waals surface area contributed by atoms with Gasteiger partial charge in [0.15, 0.2) is 0 Å². The van der Waals surface area contributed by atoms with Gasteiger partial charge in [-0.25, -0.2) is 4.98 Å². The molecule has 0 amide bonds. The lowest BCUT2D eigenvalue weighted by Gasteiger charge is -2.09. The van der Waals surface area contributed by atoms with E-state index in [1.54, 1.807) is 0 Å². The maximum atomic E-state index is 5.52. The van der Waals surface area contributed by atoms with Crippen LogP contribution in [-0.4, -0.2) is 23.1 Å². The van der Waals surface area contributed by atoms with Crippen molar-refractivity contribution in [1.29, 1.82) is 0 Å². The van der Waals surface area contributed by atoms with E-state index in [0.717, 1.165) is 37.4 Å². The lowest BCUT2D eigenvalue weighted by atomic mass is 10.3. The van der Waals surface area contributed by atoms with E-state index < -0.39 is 0 Å². The molecule has 1 N–H and O–H groups in total. The number of rotatable bonds is 8. The van der Waals surface area contributed by atoms with E-state index in [2.05, 4.69) is 35.1 Å². The monoisotopic (exact) mass is 247 g/mol. The fraction of sp³-hybridized carbons (Fsp3) is 0.571. The second-order valence-corrected chi connectivity index (χ2v) is 3.99. The molecule has 0 saturated carbocycles. The van der Waals surface area contributed by atoms with Crippen LogP contribution in [0, 0.1) is 12.3 Å². The number of nitrogens with zero attached hydrogens (tertiary/aromatic N) is 2. The number of terminal acetylenes is 1. The van der Waals surface area contributed by atoms with Gasteiger partial charge >= 0.3 is 0 Å². The predicted octanol–water partition coefficient (Wildman–Crippen LogP) is 2.65. The van der Waals surface area contributed by atoms with Gasteiger partial charge in [-0.15, -0.1) is 12.3 Å². The van der Waals surface area contributed by atoms with E-state index in [-0.39, 0.29) is 0 Å². The smallest absolute Gasteiger partial charge is 0.218 e. The molecule has 1 heterocycles. The third kappa shape index (κ3) is 5.05. The van der Waals surface area contributed by atoms with Gasteiger partial charge in [-0.3, -0.25) is 0 Å². The van der Waals surface area contributed by atoms with Gasteiger partial charge in [0.05, 0.1) is 0 Å². The number of aromatic nitrogens is 2. The van der Waals surface area contributed by atoms with Gasteiger partial charge in [-0.05, 0) is 12.8 Å². The molecule has 0 atom stereocenters. The molecule has 18 heavy (non-hydrogen) atoms. The van der Waals surface area contributed by atoms with E-state index in [4.69, 9.17) is 11.2 Å². The molecule has 0 unspecified atom stereocenters. The Kier molecular flexibility index (Phi) is 6.63. The zero-order valence-electron chi connectivity index (χ0n) is 11.2. The average Bonchev–Trinajstić information content (AvgIpc) is 2.37. The first-order valence-electron chi connectivity index (χ1n) is 6.48. The zero-order valence-corrected chi connectivity index (χ0v) is 11.2. The topological polar surface area (TPSA) is 47.0 Å². The van der Waals surface area contributed by atoms with Gasteiger partial charge < -0.3 is 10.1 Å². The van der Waals surface area contributed by atoms with Crippen LogP contribution in [0.5, 0.6) is 5.88 Å². The standard InChI is InChI=1S/C14H21N3O/c1-4-7-10-18-14-11-13(15-9-6-3)16-12(17-14)8-5-2/h1,11H,5-10H2,2-3H3,(H,15,16,17). The van der Waals surface area contributed by atoms with Crippen molar-refractivity contribution in [2.24, 2.45) is 0 Å². The molecule has 0 aliphatic heterocycles. The Morgan fingerprint density at radius 1 is 1.33 bits per heavy atom. The van der Waals surface area contributed by atoms with Crippen LogP contribution >= 0.6 is 0 Å². The molecular weight excluding hydrogens is 226 g/mol. The summed E-state index contributed by atoms with van der Waals surface area (Å²) in [5.41, 5.74) is 0. The van der Waals surface area contributed by atoms with Crippen LogP contribution < -0.4 is 10.1 Å². The van der Waals surface area contributed by atoms with Crippen molar-refractivity contribution < 1.29 is 4.74 Å². The first-order chi connectivity index (χ1) is 8.80. The second kappa shape index (κ2) is 8.35. The normalized spacial score (nSPS) is 9.83. The Morgan fingerprint density at radius 3 is 2.83 bits per heavy atom. The minimum absolute atomic E-state index is 0.492. The Bertz CT molecular complexity index is 399. The molecule has 0 aliphatic rings. The Hall–Kier alpha value is -1.76. The summed E-state index contributed by atoms with van der Waals surface area (Å²) in [5.74, 6) is 4.78. The molecule has 0 bridgehead atoms. The first-order valence-corrected chi connectivity index (χ1v) is 6.48. The van der Waals surface area contributed by atoms with Crippen LogP contribution in [0.4, 0.5) is 5.82 Å². The van der Waals surface area contributed by atoms with Crippen molar-refractivity contribution in [2.75, 3.05) is 18.5 Å². The second-order valence-electron chi connectivity index (χ2n) is 3.99. The van der Waals surface area contributed by atoms with Crippen molar-refractivity contribution in [3.05, 3.63) is 11.9 Å². The van der Waals surface area contributed by atoms with Crippen molar-refractivity contribution in [2.45, 2.75) is 39.5 Å². The predicted molar refractivity (Wildman–Crippen MR) is 73.8 cm³/mol. The van der Waals surface area contributed by atoms with Crippen LogP contribution in [-0.2, 0) is 6.42 Å². The Morgan fingerprint density at radius 2 is 2.17 bits per heavy atom. The van der Waals surface area contributed by atoms with Crippen LogP contribution in [0.1, 0.15) is 38.9 Å². The number of aryl methyl sites for hydroxylation is 1. The van der Waals surface area contributed by atoms with E-state index in [1.165, 1.54) is 0 Å². The summed E-state index contributed by atoms with van der Waals surface area (Å²) in [6.07, 6.45) is 8.70. The molecule has 1 rings (SSSR count). The van der Waals surface area contributed by atoms with Gasteiger partial charge in [-0.2, -0.15) is 4.98 Å². The van der Waals surface area contributed by atoms with Gasteiger partial charge in [0, 0.05) is 25.5 Å². The molecule has 0 radical (unpaired) electrons. The van der Waals surface area contributed by atoms with Gasteiger partial charge in [0.2, 0.25) is 5.88 Å². The van der Waals surface area contributed by atoms with Crippen LogP contribution in [0.25, 0.3) is 0 Å². The maximum Gasteiger partial charge on any atom is 0.218 e. The highest BCUT2D eigenvalue weighted by Crippen LogP contribution is 2.14. The highest BCUT2D eigenvalue weighted by molar-refractivity contribution is 5.38. The maximum absolute atomic E-state index is 5.52. The molecule has 0 fully saturated rings. The summed E-state index contributed by atoms with van der Waals surface area (Å²) in [6, 6.07) is 1.82. The van der Waals surface area contributed by atoms with Gasteiger partial charge in [0.1, 0.15) is 18.2 Å². The minimum Gasteiger partial charge on any atom is -0.477 e. The summed E-state index contributed by atoms with van der Waals surface area (Å²) < 4.78 is 5.52. The van der Waals surface area contributed by atoms with Crippen LogP contribution in [0.2, 0.25) is 0 Å². The summed E-state index contributed by atoms with van der Waals surface area (Å²) in [4.78, 5) is 8.81. The molecule has 0 aromatic carbocycles. The molecule has 1 aromatic heterocycles. The number of hydrogen-bond acceptors (Lipinski definition) is 4. The first kappa shape index (κ1) is 14.3. The Labute approximate surface area is 109 Å². The number of hydrogen-bond donors (Lipinski definition) is 1. The largest absolute Gasteiger partial charge is 0.477 e. The average molecular weight is 247 g/mol. The molecule has 1 aromatic rings. The summed E-state index contributed by atoms with van der Waals surface area (Å²) in [7, 11) is 0. The highest BCUT2D eigenvalue weighted by Gasteiger charge is 2.04. The third-order valence-electron chi connectivity index (χ3n) is 2.28. The number of nitrogens with one attached hydrogen (secondary N) is 1. The fourth-order valence-corrected chi connectivity index (χ4v) is 1.44. The molecule has 98 valence electrons.